The first-order valence-corrected chi connectivity index (χ1v) is 5.13. The molecule has 94 valence electrons. The highest BCUT2D eigenvalue weighted by molar-refractivity contribution is 5.92. The average molecular weight is 246 g/mol. The van der Waals surface area contributed by atoms with Crippen molar-refractivity contribution in [3.05, 3.63) is 47.5 Å². The third kappa shape index (κ3) is 4.60. The lowest BCUT2D eigenvalue weighted by Crippen LogP contribution is -2.27. The van der Waals surface area contributed by atoms with E-state index in [9.17, 15) is 9.59 Å². The molecule has 0 spiro atoms. The summed E-state index contributed by atoms with van der Waals surface area (Å²) in [5, 5.41) is 0. The Morgan fingerprint density at radius 1 is 0.833 bits per heavy atom. The first-order chi connectivity index (χ1) is 8.65. The molecule has 0 aliphatic carbocycles. The van der Waals surface area contributed by atoms with E-state index in [-0.39, 0.29) is 11.8 Å². The van der Waals surface area contributed by atoms with Gasteiger partial charge in [0.05, 0.1) is 0 Å². The van der Waals surface area contributed by atoms with Crippen molar-refractivity contribution in [2.45, 2.75) is 0 Å². The molecule has 0 aromatic heterocycles. The van der Waals surface area contributed by atoms with Crippen LogP contribution in [0.3, 0.4) is 0 Å². The topological polar surface area (TPSA) is 110 Å². The van der Waals surface area contributed by atoms with Gasteiger partial charge in [-0.1, -0.05) is 24.3 Å². The highest BCUT2D eigenvalue weighted by Gasteiger charge is 1.93. The van der Waals surface area contributed by atoms with Crippen molar-refractivity contribution in [1.82, 2.24) is 10.9 Å². The van der Waals surface area contributed by atoms with Crippen molar-refractivity contribution in [3.63, 3.8) is 0 Å². The van der Waals surface area contributed by atoms with Crippen molar-refractivity contribution in [2.24, 2.45) is 11.7 Å². The van der Waals surface area contributed by atoms with E-state index < -0.39 is 0 Å². The zero-order valence-corrected chi connectivity index (χ0v) is 9.59. The number of rotatable bonds is 4. The third-order valence-corrected chi connectivity index (χ3v) is 2.08. The second kappa shape index (κ2) is 7.00. The Morgan fingerprint density at radius 2 is 1.17 bits per heavy atom. The molecular weight excluding hydrogens is 232 g/mol. The molecule has 0 aliphatic rings. The van der Waals surface area contributed by atoms with Gasteiger partial charge in [0, 0.05) is 12.2 Å². The Kier molecular flexibility index (Phi) is 5.30. The van der Waals surface area contributed by atoms with Crippen molar-refractivity contribution in [2.75, 3.05) is 0 Å². The molecule has 18 heavy (non-hydrogen) atoms. The van der Waals surface area contributed by atoms with Crippen LogP contribution < -0.4 is 22.5 Å². The van der Waals surface area contributed by atoms with E-state index in [0.29, 0.717) is 0 Å². The van der Waals surface area contributed by atoms with Gasteiger partial charge in [0.2, 0.25) is 0 Å². The number of hydrogen-bond acceptors (Lipinski definition) is 4. The van der Waals surface area contributed by atoms with Crippen LogP contribution >= 0.6 is 0 Å². The van der Waals surface area contributed by atoms with Crippen LogP contribution in [-0.2, 0) is 9.59 Å². The summed E-state index contributed by atoms with van der Waals surface area (Å²) in [5.41, 5.74) is 5.68. The van der Waals surface area contributed by atoms with E-state index in [1.54, 1.807) is 36.4 Å². The minimum Gasteiger partial charge on any atom is -0.291 e. The Morgan fingerprint density at radius 3 is 1.44 bits per heavy atom. The van der Waals surface area contributed by atoms with Crippen LogP contribution in [0.5, 0.6) is 0 Å². The molecule has 1 aromatic carbocycles. The predicted molar refractivity (Wildman–Crippen MR) is 69.2 cm³/mol. The fourth-order valence-electron chi connectivity index (χ4n) is 1.16. The Hall–Kier alpha value is -2.44. The van der Waals surface area contributed by atoms with Gasteiger partial charge in [0.15, 0.2) is 0 Å². The zero-order chi connectivity index (χ0) is 13.4. The van der Waals surface area contributed by atoms with Crippen LogP contribution in [0, 0.1) is 0 Å². The van der Waals surface area contributed by atoms with Gasteiger partial charge < -0.3 is 0 Å². The quantitative estimate of drug-likeness (QED) is 0.253. The fourth-order valence-corrected chi connectivity index (χ4v) is 1.16. The van der Waals surface area contributed by atoms with Gasteiger partial charge in [-0.25, -0.2) is 11.7 Å². The number of carbonyl (C=O) groups excluding carboxylic acids is 2. The molecule has 6 heteroatoms. The Bertz CT molecular complexity index is 432. The smallest absolute Gasteiger partial charge is 0.257 e. The van der Waals surface area contributed by atoms with Crippen LogP contribution in [0.1, 0.15) is 11.1 Å². The van der Waals surface area contributed by atoms with Crippen molar-refractivity contribution >= 4 is 24.0 Å². The van der Waals surface area contributed by atoms with Gasteiger partial charge >= 0.3 is 0 Å². The molecule has 0 heterocycles. The molecule has 0 unspecified atom stereocenters. The molecular formula is C12H14N4O2. The maximum Gasteiger partial charge on any atom is 0.257 e. The lowest BCUT2D eigenvalue weighted by atomic mass is 10.1. The van der Waals surface area contributed by atoms with Crippen LogP contribution in [0.2, 0.25) is 0 Å². The van der Waals surface area contributed by atoms with Gasteiger partial charge in [0.1, 0.15) is 0 Å². The number of carbonyl (C=O) groups is 2. The summed E-state index contributed by atoms with van der Waals surface area (Å²) >= 11 is 0. The summed E-state index contributed by atoms with van der Waals surface area (Å²) in [7, 11) is 0. The number of hydrogen-bond donors (Lipinski definition) is 4. The first kappa shape index (κ1) is 13.6. The van der Waals surface area contributed by atoms with Gasteiger partial charge in [-0.2, -0.15) is 0 Å². The third-order valence-electron chi connectivity index (χ3n) is 2.08. The lowest BCUT2D eigenvalue weighted by Gasteiger charge is -1.96. The second-order valence-corrected chi connectivity index (χ2v) is 3.35. The SMILES string of the molecule is NNC(=O)/C=C\c1ccc(/C=C\C(=O)NN)cc1. The van der Waals surface area contributed by atoms with Crippen molar-refractivity contribution in [3.8, 4) is 0 Å². The van der Waals surface area contributed by atoms with Crippen LogP contribution in [0.15, 0.2) is 36.4 Å². The molecule has 0 saturated heterocycles. The summed E-state index contributed by atoms with van der Waals surface area (Å²) in [6, 6.07) is 7.22. The van der Waals surface area contributed by atoms with E-state index in [4.69, 9.17) is 11.7 Å². The van der Waals surface area contributed by atoms with Crippen LogP contribution in [-0.4, -0.2) is 11.8 Å². The fraction of sp³-hybridized carbons (Fsp3) is 0. The Balaban J connectivity index is 2.68. The van der Waals surface area contributed by atoms with Gasteiger partial charge in [0.25, 0.3) is 11.8 Å². The van der Waals surface area contributed by atoms with E-state index >= 15 is 0 Å². The van der Waals surface area contributed by atoms with Gasteiger partial charge in [-0.15, -0.1) is 0 Å². The molecule has 6 nitrogen and oxygen atoms in total. The van der Waals surface area contributed by atoms with Gasteiger partial charge in [-0.3, -0.25) is 20.4 Å². The van der Waals surface area contributed by atoms with Crippen LogP contribution in [0.4, 0.5) is 0 Å². The van der Waals surface area contributed by atoms with E-state index in [1.807, 2.05) is 10.9 Å². The van der Waals surface area contributed by atoms with Gasteiger partial charge in [-0.05, 0) is 23.3 Å². The largest absolute Gasteiger partial charge is 0.291 e. The number of hydrazine groups is 2. The van der Waals surface area contributed by atoms with Crippen molar-refractivity contribution < 1.29 is 9.59 Å². The summed E-state index contributed by atoms with van der Waals surface area (Å²) in [6.07, 6.45) is 5.91. The van der Waals surface area contributed by atoms with E-state index in [0.717, 1.165) is 11.1 Å². The normalized spacial score (nSPS) is 10.8. The molecule has 1 rings (SSSR count). The number of nitrogens with two attached hydrogens (primary N) is 2. The van der Waals surface area contributed by atoms with E-state index in [1.165, 1.54) is 12.2 Å². The summed E-state index contributed by atoms with van der Waals surface area (Å²) in [4.78, 5) is 21.7. The summed E-state index contributed by atoms with van der Waals surface area (Å²) < 4.78 is 0. The summed E-state index contributed by atoms with van der Waals surface area (Å²) in [5.74, 6) is 9.11. The second-order valence-electron chi connectivity index (χ2n) is 3.35. The van der Waals surface area contributed by atoms with Crippen LogP contribution in [0.25, 0.3) is 12.2 Å². The number of nitrogens with one attached hydrogen (secondary N) is 2. The minimum atomic E-state index is -0.376. The molecule has 0 saturated carbocycles. The first-order valence-electron chi connectivity index (χ1n) is 5.13. The highest BCUT2D eigenvalue weighted by Crippen LogP contribution is 2.07. The molecule has 0 fully saturated rings. The zero-order valence-electron chi connectivity index (χ0n) is 9.59. The molecule has 0 atom stereocenters. The monoisotopic (exact) mass is 246 g/mol. The number of benzene rings is 1. The minimum absolute atomic E-state index is 0.376. The maximum absolute atomic E-state index is 10.9. The summed E-state index contributed by atoms with van der Waals surface area (Å²) in [6.45, 7) is 0. The van der Waals surface area contributed by atoms with E-state index in [2.05, 4.69) is 0 Å². The molecule has 1 aromatic rings. The molecule has 0 radical (unpaired) electrons. The predicted octanol–water partition coefficient (Wildman–Crippen LogP) is -0.307. The Labute approximate surface area is 104 Å². The van der Waals surface area contributed by atoms with Crippen molar-refractivity contribution in [1.29, 1.82) is 0 Å². The number of amides is 2. The molecule has 0 aliphatic heterocycles. The average Bonchev–Trinajstić information content (AvgIpc) is 2.43. The standard InChI is InChI=1S/C12H14N4O2/c13-15-11(17)7-5-9-1-2-10(4-3-9)6-8-12(18)16-14/h1-8H,13-14H2,(H,15,17)(H,16,18)/b7-5-,8-6-. The lowest BCUT2D eigenvalue weighted by molar-refractivity contribution is -0.117. The molecule has 0 bridgehead atoms. The highest BCUT2D eigenvalue weighted by atomic mass is 16.2. The molecule has 2 amide bonds. The molecule has 6 N–H and O–H groups in total. The maximum atomic E-state index is 10.9.